The zero-order valence-corrected chi connectivity index (χ0v) is 21.6. The maximum atomic E-state index is 8.46. The second kappa shape index (κ2) is 28.5. The lowest BCUT2D eigenvalue weighted by Crippen LogP contribution is -2.13. The SMILES string of the molecule is CCC(CCOCCSCOCCPC)COCCCCOCCCOCCOCO. The van der Waals surface area contributed by atoms with Crippen LogP contribution in [0.4, 0.5) is 0 Å². The summed E-state index contributed by atoms with van der Waals surface area (Å²) in [7, 11) is 0.979. The molecule has 7 nitrogen and oxygen atoms in total. The van der Waals surface area contributed by atoms with Crippen molar-refractivity contribution in [2.75, 3.05) is 97.4 Å². The highest BCUT2D eigenvalue weighted by Gasteiger charge is 2.06. The van der Waals surface area contributed by atoms with E-state index in [2.05, 4.69) is 13.6 Å². The van der Waals surface area contributed by atoms with Crippen molar-refractivity contribution in [3.05, 3.63) is 0 Å². The maximum absolute atomic E-state index is 8.46. The van der Waals surface area contributed by atoms with Gasteiger partial charge in [0.05, 0.1) is 32.4 Å². The van der Waals surface area contributed by atoms with Gasteiger partial charge in [0.1, 0.15) is 6.79 Å². The minimum absolute atomic E-state index is 0.251. The average Bonchev–Trinajstić information content (AvgIpc) is 2.79. The first-order valence-electron chi connectivity index (χ1n) is 11.6. The molecule has 0 aliphatic rings. The number of aliphatic hydroxyl groups excluding tert-OH is 1. The van der Waals surface area contributed by atoms with Gasteiger partial charge in [0.15, 0.2) is 0 Å². The van der Waals surface area contributed by atoms with Gasteiger partial charge >= 0.3 is 0 Å². The van der Waals surface area contributed by atoms with E-state index in [9.17, 15) is 0 Å². The summed E-state index contributed by atoms with van der Waals surface area (Å²) in [6.45, 7) is 11.4. The van der Waals surface area contributed by atoms with E-state index in [0.29, 0.717) is 32.3 Å². The van der Waals surface area contributed by atoms with Gasteiger partial charge in [0.2, 0.25) is 0 Å². The molecule has 188 valence electrons. The molecule has 2 unspecified atom stereocenters. The number of unbranched alkanes of at least 4 members (excludes halogenated alkanes) is 1. The molecule has 0 aliphatic heterocycles. The van der Waals surface area contributed by atoms with Crippen LogP contribution in [0.15, 0.2) is 0 Å². The van der Waals surface area contributed by atoms with Gasteiger partial charge in [-0.05, 0) is 44.4 Å². The Hall–Kier alpha value is 0.500. The Morgan fingerprint density at radius 3 is 2.16 bits per heavy atom. The lowest BCUT2D eigenvalue weighted by atomic mass is 10.0. The van der Waals surface area contributed by atoms with Gasteiger partial charge in [-0.2, -0.15) is 0 Å². The molecule has 0 rings (SSSR count). The quantitative estimate of drug-likeness (QED) is 0.107. The summed E-state index contributed by atoms with van der Waals surface area (Å²) in [5.41, 5.74) is 0. The van der Waals surface area contributed by atoms with Crippen LogP contribution in [0.25, 0.3) is 0 Å². The predicted molar refractivity (Wildman–Crippen MR) is 131 cm³/mol. The fourth-order valence-corrected chi connectivity index (χ4v) is 3.47. The van der Waals surface area contributed by atoms with E-state index in [-0.39, 0.29) is 6.79 Å². The van der Waals surface area contributed by atoms with Crippen LogP contribution >= 0.6 is 20.3 Å². The summed E-state index contributed by atoms with van der Waals surface area (Å²) in [5, 5.41) is 8.46. The molecule has 0 bridgehead atoms. The summed E-state index contributed by atoms with van der Waals surface area (Å²) in [4.78, 5) is 0. The van der Waals surface area contributed by atoms with Gasteiger partial charge in [-0.1, -0.05) is 13.3 Å². The van der Waals surface area contributed by atoms with Crippen molar-refractivity contribution < 1.29 is 33.5 Å². The Morgan fingerprint density at radius 1 is 0.742 bits per heavy atom. The lowest BCUT2D eigenvalue weighted by Gasteiger charge is -2.15. The Morgan fingerprint density at radius 2 is 1.42 bits per heavy atom. The Kier molecular flexibility index (Phi) is 29.0. The zero-order chi connectivity index (χ0) is 22.7. The lowest BCUT2D eigenvalue weighted by molar-refractivity contribution is -0.0313. The van der Waals surface area contributed by atoms with Crippen molar-refractivity contribution in [1.82, 2.24) is 0 Å². The van der Waals surface area contributed by atoms with Gasteiger partial charge in [-0.15, -0.1) is 20.3 Å². The molecule has 0 spiro atoms. The Balaban J connectivity index is 3.26. The van der Waals surface area contributed by atoms with Crippen LogP contribution in [0.5, 0.6) is 0 Å². The minimum atomic E-state index is -0.251. The third kappa shape index (κ3) is 26.6. The Bertz CT molecular complexity index is 330. The molecule has 0 saturated heterocycles. The highest BCUT2D eigenvalue weighted by molar-refractivity contribution is 7.99. The largest absolute Gasteiger partial charge is 0.381 e. The number of ether oxygens (including phenoxy) is 6. The molecule has 1 N–H and O–H groups in total. The molecular weight excluding hydrogens is 439 g/mol. The van der Waals surface area contributed by atoms with Crippen molar-refractivity contribution in [2.45, 2.75) is 39.0 Å². The summed E-state index contributed by atoms with van der Waals surface area (Å²) in [5.74, 6) is 2.35. The monoisotopic (exact) mass is 486 g/mol. The molecule has 0 fully saturated rings. The zero-order valence-electron chi connectivity index (χ0n) is 19.8. The molecule has 0 amide bonds. The van der Waals surface area contributed by atoms with E-state index >= 15 is 0 Å². The molecule has 0 aliphatic carbocycles. The van der Waals surface area contributed by atoms with E-state index in [1.54, 1.807) is 11.8 Å². The van der Waals surface area contributed by atoms with Gasteiger partial charge in [-0.3, -0.25) is 0 Å². The fraction of sp³-hybridized carbons (Fsp3) is 1.00. The van der Waals surface area contributed by atoms with Crippen LogP contribution in [0.2, 0.25) is 0 Å². The normalized spacial score (nSPS) is 12.9. The number of hydrogen-bond donors (Lipinski definition) is 1. The van der Waals surface area contributed by atoms with E-state index in [4.69, 9.17) is 33.5 Å². The molecule has 0 saturated carbocycles. The summed E-state index contributed by atoms with van der Waals surface area (Å²) in [6, 6.07) is 0. The van der Waals surface area contributed by atoms with Crippen LogP contribution in [0.3, 0.4) is 0 Å². The number of hydrogen-bond acceptors (Lipinski definition) is 8. The smallest absolute Gasteiger partial charge is 0.143 e. The van der Waals surface area contributed by atoms with Crippen LogP contribution in [0.1, 0.15) is 39.0 Å². The first-order chi connectivity index (χ1) is 15.3. The van der Waals surface area contributed by atoms with Crippen LogP contribution in [0, 0.1) is 5.92 Å². The van der Waals surface area contributed by atoms with Gasteiger partial charge in [0.25, 0.3) is 0 Å². The summed E-state index contributed by atoms with van der Waals surface area (Å²) >= 11 is 1.80. The molecule has 0 aromatic heterocycles. The summed E-state index contributed by atoms with van der Waals surface area (Å²) in [6.07, 6.45) is 6.28. The molecule has 0 radical (unpaired) electrons. The molecule has 2 atom stereocenters. The van der Waals surface area contributed by atoms with E-state index < -0.39 is 0 Å². The molecule has 9 heteroatoms. The molecule has 0 aromatic carbocycles. The van der Waals surface area contributed by atoms with E-state index in [1.807, 2.05) is 0 Å². The van der Waals surface area contributed by atoms with Crippen LogP contribution < -0.4 is 0 Å². The van der Waals surface area contributed by atoms with E-state index in [0.717, 1.165) is 92.0 Å². The average molecular weight is 487 g/mol. The van der Waals surface area contributed by atoms with Crippen molar-refractivity contribution >= 4 is 20.3 Å². The molecule has 0 aromatic rings. The third-order valence-corrected chi connectivity index (χ3v) is 6.00. The summed E-state index contributed by atoms with van der Waals surface area (Å²) < 4.78 is 32.8. The van der Waals surface area contributed by atoms with Crippen molar-refractivity contribution in [3.63, 3.8) is 0 Å². The minimum Gasteiger partial charge on any atom is -0.381 e. The number of rotatable bonds is 27. The number of thioether (sulfide) groups is 1. The van der Waals surface area contributed by atoms with Crippen molar-refractivity contribution in [2.24, 2.45) is 5.92 Å². The van der Waals surface area contributed by atoms with Crippen molar-refractivity contribution in [1.29, 1.82) is 0 Å². The molecule has 0 heterocycles. The van der Waals surface area contributed by atoms with Gasteiger partial charge in [-0.25, -0.2) is 0 Å². The standard InChI is InChI=1S/C22H47O7PS/c1-3-22(7-12-26-16-18-31-21-29-15-17-30-2)19-27-9-5-4-8-24-10-6-11-25-13-14-28-20-23/h22-23,30H,3-21H2,1-2H3. The highest BCUT2D eigenvalue weighted by atomic mass is 32.2. The topological polar surface area (TPSA) is 75.6 Å². The second-order valence-electron chi connectivity index (χ2n) is 7.11. The van der Waals surface area contributed by atoms with E-state index in [1.165, 1.54) is 6.16 Å². The van der Waals surface area contributed by atoms with Crippen molar-refractivity contribution in [3.8, 4) is 0 Å². The third-order valence-electron chi connectivity index (χ3n) is 4.50. The van der Waals surface area contributed by atoms with Crippen LogP contribution in [-0.4, -0.2) is 102 Å². The number of aliphatic hydroxyl groups is 1. The fourth-order valence-electron chi connectivity index (χ4n) is 2.53. The maximum Gasteiger partial charge on any atom is 0.143 e. The molecule has 31 heavy (non-hydrogen) atoms. The second-order valence-corrected chi connectivity index (χ2v) is 9.37. The highest BCUT2D eigenvalue weighted by Crippen LogP contribution is 2.10. The molecular formula is C22H47O7PS. The Labute approximate surface area is 196 Å². The van der Waals surface area contributed by atoms with Gasteiger partial charge < -0.3 is 33.5 Å². The van der Waals surface area contributed by atoms with Gasteiger partial charge in [0, 0.05) is 45.4 Å². The first kappa shape index (κ1) is 31.5. The predicted octanol–water partition coefficient (Wildman–Crippen LogP) is 3.62. The van der Waals surface area contributed by atoms with Crippen LogP contribution in [-0.2, 0) is 28.4 Å². The first-order valence-corrected chi connectivity index (χ1v) is 14.5.